The summed E-state index contributed by atoms with van der Waals surface area (Å²) in [4.78, 5) is 24.3. The monoisotopic (exact) mass is 352 g/mol. The molecule has 0 spiro atoms. The Bertz CT molecular complexity index is 898. The quantitative estimate of drug-likeness (QED) is 0.750. The van der Waals surface area contributed by atoms with Gasteiger partial charge >= 0.3 is 0 Å². The van der Waals surface area contributed by atoms with Crippen LogP contribution in [0.3, 0.4) is 0 Å². The zero-order valence-corrected chi connectivity index (χ0v) is 13.7. The van der Waals surface area contributed by atoms with Gasteiger partial charge in [-0.3, -0.25) is 9.59 Å². The lowest BCUT2D eigenvalue weighted by molar-refractivity contribution is 0.102. The van der Waals surface area contributed by atoms with Gasteiger partial charge in [0.05, 0.1) is 18.1 Å². The van der Waals surface area contributed by atoms with Crippen molar-refractivity contribution in [1.82, 2.24) is 10.2 Å². The van der Waals surface area contributed by atoms with E-state index in [9.17, 15) is 9.59 Å². The summed E-state index contributed by atoms with van der Waals surface area (Å²) in [5.41, 5.74) is 2.04. The third kappa shape index (κ3) is 4.39. The first-order chi connectivity index (χ1) is 12.1. The Morgan fingerprint density at radius 2 is 1.52 bits per heavy atom. The van der Waals surface area contributed by atoms with Gasteiger partial charge in [0, 0.05) is 21.8 Å². The van der Waals surface area contributed by atoms with Crippen LogP contribution >= 0.6 is 11.6 Å². The SMILES string of the molecule is O=C(Nc1ccnnc1)c1ccc(NC(=O)c2cccc(Cl)c2)cc1. The molecule has 2 amide bonds. The fraction of sp³-hybridized carbons (Fsp3) is 0. The summed E-state index contributed by atoms with van der Waals surface area (Å²) in [6.07, 6.45) is 2.95. The third-order valence-corrected chi connectivity index (χ3v) is 3.57. The Balaban J connectivity index is 1.66. The number of amides is 2. The summed E-state index contributed by atoms with van der Waals surface area (Å²) in [7, 11) is 0. The van der Waals surface area contributed by atoms with Gasteiger partial charge in [0.2, 0.25) is 0 Å². The lowest BCUT2D eigenvalue weighted by Crippen LogP contribution is -2.13. The lowest BCUT2D eigenvalue weighted by Gasteiger charge is -2.07. The molecule has 1 heterocycles. The van der Waals surface area contributed by atoms with Gasteiger partial charge in [-0.2, -0.15) is 10.2 Å². The molecule has 0 bridgehead atoms. The summed E-state index contributed by atoms with van der Waals surface area (Å²) in [6.45, 7) is 0. The van der Waals surface area contributed by atoms with Gasteiger partial charge in [0.25, 0.3) is 11.8 Å². The van der Waals surface area contributed by atoms with Gasteiger partial charge < -0.3 is 10.6 Å². The van der Waals surface area contributed by atoms with E-state index in [1.54, 1.807) is 54.6 Å². The molecule has 0 atom stereocenters. The number of anilines is 2. The Morgan fingerprint density at radius 1 is 0.800 bits per heavy atom. The third-order valence-electron chi connectivity index (χ3n) is 3.33. The first-order valence-corrected chi connectivity index (χ1v) is 7.75. The maximum absolute atomic E-state index is 12.2. The van der Waals surface area contributed by atoms with E-state index in [1.807, 2.05) is 0 Å². The molecule has 0 aliphatic rings. The van der Waals surface area contributed by atoms with Gasteiger partial charge in [-0.1, -0.05) is 17.7 Å². The van der Waals surface area contributed by atoms with Crippen molar-refractivity contribution < 1.29 is 9.59 Å². The van der Waals surface area contributed by atoms with Gasteiger partial charge in [0.15, 0.2) is 0 Å². The summed E-state index contributed by atoms with van der Waals surface area (Å²) < 4.78 is 0. The van der Waals surface area contributed by atoms with Crippen LogP contribution in [0.4, 0.5) is 11.4 Å². The smallest absolute Gasteiger partial charge is 0.255 e. The van der Waals surface area contributed by atoms with E-state index >= 15 is 0 Å². The van der Waals surface area contributed by atoms with Crippen LogP contribution in [-0.2, 0) is 0 Å². The van der Waals surface area contributed by atoms with Crippen LogP contribution in [0, 0.1) is 0 Å². The molecule has 3 aromatic rings. The number of nitrogens with one attached hydrogen (secondary N) is 2. The molecule has 2 N–H and O–H groups in total. The Kier molecular flexibility index (Phi) is 5.01. The average molecular weight is 353 g/mol. The molecule has 0 radical (unpaired) electrons. The van der Waals surface area contributed by atoms with E-state index in [0.29, 0.717) is 27.5 Å². The normalized spacial score (nSPS) is 10.1. The summed E-state index contributed by atoms with van der Waals surface area (Å²) in [6, 6.07) is 14.9. The van der Waals surface area contributed by atoms with Crippen molar-refractivity contribution in [1.29, 1.82) is 0 Å². The standard InChI is InChI=1S/C18H13ClN4O2/c19-14-3-1-2-13(10-14)18(25)22-15-6-4-12(5-7-15)17(24)23-16-8-9-20-21-11-16/h1-11H,(H,22,25)(H,20,23,24). The average Bonchev–Trinajstić information content (AvgIpc) is 2.63. The van der Waals surface area contributed by atoms with Crippen LogP contribution in [-0.4, -0.2) is 22.0 Å². The van der Waals surface area contributed by atoms with E-state index in [0.717, 1.165) is 0 Å². The second-order valence-electron chi connectivity index (χ2n) is 5.13. The largest absolute Gasteiger partial charge is 0.322 e. The second-order valence-corrected chi connectivity index (χ2v) is 5.56. The predicted octanol–water partition coefficient (Wildman–Crippen LogP) is 3.63. The van der Waals surface area contributed by atoms with Crippen molar-refractivity contribution in [3.05, 3.63) is 83.1 Å². The number of rotatable bonds is 4. The predicted molar refractivity (Wildman–Crippen MR) is 95.8 cm³/mol. The molecule has 3 rings (SSSR count). The highest BCUT2D eigenvalue weighted by Gasteiger charge is 2.09. The van der Waals surface area contributed by atoms with Crippen LogP contribution in [0.25, 0.3) is 0 Å². The van der Waals surface area contributed by atoms with E-state index in [4.69, 9.17) is 11.6 Å². The van der Waals surface area contributed by atoms with Crippen LogP contribution in [0.2, 0.25) is 5.02 Å². The molecular weight excluding hydrogens is 340 g/mol. The Morgan fingerprint density at radius 3 is 2.20 bits per heavy atom. The molecule has 0 aliphatic carbocycles. The Labute approximate surface area is 148 Å². The zero-order chi connectivity index (χ0) is 17.6. The zero-order valence-electron chi connectivity index (χ0n) is 12.9. The van der Waals surface area contributed by atoms with Crippen LogP contribution < -0.4 is 10.6 Å². The minimum absolute atomic E-state index is 0.275. The fourth-order valence-corrected chi connectivity index (χ4v) is 2.30. The minimum Gasteiger partial charge on any atom is -0.322 e. The van der Waals surface area contributed by atoms with Crippen molar-refractivity contribution in [2.24, 2.45) is 0 Å². The molecule has 0 saturated carbocycles. The van der Waals surface area contributed by atoms with Crippen LogP contribution in [0.5, 0.6) is 0 Å². The van der Waals surface area contributed by atoms with Crippen molar-refractivity contribution in [2.75, 3.05) is 10.6 Å². The first kappa shape index (κ1) is 16.6. The van der Waals surface area contributed by atoms with Crippen molar-refractivity contribution in [3.8, 4) is 0 Å². The first-order valence-electron chi connectivity index (χ1n) is 7.37. The summed E-state index contributed by atoms with van der Waals surface area (Å²) in [5, 5.41) is 13.3. The van der Waals surface area contributed by atoms with E-state index in [2.05, 4.69) is 20.8 Å². The maximum atomic E-state index is 12.2. The van der Waals surface area contributed by atoms with Crippen molar-refractivity contribution in [3.63, 3.8) is 0 Å². The van der Waals surface area contributed by atoms with Gasteiger partial charge in [-0.25, -0.2) is 0 Å². The number of hydrogen-bond acceptors (Lipinski definition) is 4. The number of hydrogen-bond donors (Lipinski definition) is 2. The van der Waals surface area contributed by atoms with E-state index < -0.39 is 0 Å². The van der Waals surface area contributed by atoms with Crippen LogP contribution in [0.1, 0.15) is 20.7 Å². The van der Waals surface area contributed by atoms with Crippen LogP contribution in [0.15, 0.2) is 67.0 Å². The molecular formula is C18H13ClN4O2. The number of carbonyl (C=O) groups is 2. The molecule has 0 fully saturated rings. The van der Waals surface area contributed by atoms with Crippen molar-refractivity contribution >= 4 is 34.8 Å². The molecule has 7 heteroatoms. The molecule has 6 nitrogen and oxygen atoms in total. The number of nitrogens with zero attached hydrogens (tertiary/aromatic N) is 2. The highest BCUT2D eigenvalue weighted by atomic mass is 35.5. The van der Waals surface area contributed by atoms with Gasteiger partial charge in [0.1, 0.15) is 0 Å². The van der Waals surface area contributed by atoms with Gasteiger partial charge in [-0.15, -0.1) is 0 Å². The summed E-state index contributed by atoms with van der Waals surface area (Å²) >= 11 is 5.88. The fourth-order valence-electron chi connectivity index (χ4n) is 2.11. The molecule has 25 heavy (non-hydrogen) atoms. The topological polar surface area (TPSA) is 84.0 Å². The number of aromatic nitrogens is 2. The highest BCUT2D eigenvalue weighted by Crippen LogP contribution is 2.15. The molecule has 124 valence electrons. The summed E-state index contributed by atoms with van der Waals surface area (Å²) in [5.74, 6) is -0.553. The van der Waals surface area contributed by atoms with E-state index in [-0.39, 0.29) is 11.8 Å². The molecule has 1 aromatic heterocycles. The van der Waals surface area contributed by atoms with Gasteiger partial charge in [-0.05, 0) is 48.5 Å². The molecule has 2 aromatic carbocycles. The molecule has 0 aliphatic heterocycles. The maximum Gasteiger partial charge on any atom is 0.255 e. The lowest BCUT2D eigenvalue weighted by atomic mass is 10.1. The van der Waals surface area contributed by atoms with E-state index in [1.165, 1.54) is 12.4 Å². The van der Waals surface area contributed by atoms with Crippen molar-refractivity contribution in [2.45, 2.75) is 0 Å². The highest BCUT2D eigenvalue weighted by molar-refractivity contribution is 6.31. The molecule has 0 saturated heterocycles. The number of carbonyl (C=O) groups excluding carboxylic acids is 2. The second kappa shape index (κ2) is 7.55. The minimum atomic E-state index is -0.277. The molecule has 0 unspecified atom stereocenters. The Hall–Kier alpha value is -3.25. The number of benzene rings is 2. The number of halogens is 1.